The highest BCUT2D eigenvalue weighted by Gasteiger charge is 2.35. The minimum atomic E-state index is -0.291. The largest absolute Gasteiger partial charge is 0.319 e. The van der Waals surface area contributed by atoms with Gasteiger partial charge in [0, 0.05) is 12.4 Å². The number of hydrogen-bond acceptors (Lipinski definition) is 4. The predicted molar refractivity (Wildman–Crippen MR) is 55.1 cm³/mol. The first-order chi connectivity index (χ1) is 7.30. The lowest BCUT2D eigenvalue weighted by Gasteiger charge is -2.20. The van der Waals surface area contributed by atoms with Gasteiger partial charge in [0.2, 0.25) is 0 Å². The van der Waals surface area contributed by atoms with Crippen LogP contribution in [0, 0.1) is 0 Å². The topological polar surface area (TPSA) is 69.1 Å². The normalized spacial score (nSPS) is 19.8. The smallest absolute Gasteiger partial charge is 0.179 e. The standard InChI is InChI=1S/C10H13N5/c11-10(3-1-2-4-10)9-14-13-8-7-12-5-6-15(8)9/h5-7H,1-4,11H2. The zero-order chi connectivity index (χ0) is 10.3. The van der Waals surface area contributed by atoms with Crippen molar-refractivity contribution < 1.29 is 0 Å². The van der Waals surface area contributed by atoms with E-state index in [1.165, 1.54) is 12.8 Å². The van der Waals surface area contributed by atoms with Gasteiger partial charge in [-0.3, -0.25) is 9.38 Å². The van der Waals surface area contributed by atoms with E-state index in [2.05, 4.69) is 15.2 Å². The van der Waals surface area contributed by atoms with E-state index in [4.69, 9.17) is 5.73 Å². The monoisotopic (exact) mass is 203 g/mol. The first kappa shape index (κ1) is 8.79. The highest BCUT2D eigenvalue weighted by Crippen LogP contribution is 2.35. The average Bonchev–Trinajstić information content (AvgIpc) is 2.84. The molecule has 5 heteroatoms. The van der Waals surface area contributed by atoms with Gasteiger partial charge in [0.1, 0.15) is 0 Å². The molecule has 0 saturated heterocycles. The van der Waals surface area contributed by atoms with Crippen molar-refractivity contribution >= 4 is 5.65 Å². The maximum atomic E-state index is 6.35. The van der Waals surface area contributed by atoms with Crippen LogP contribution in [0.2, 0.25) is 0 Å². The zero-order valence-electron chi connectivity index (χ0n) is 8.43. The minimum Gasteiger partial charge on any atom is -0.319 e. The fraction of sp³-hybridized carbons (Fsp3) is 0.500. The van der Waals surface area contributed by atoms with E-state index in [-0.39, 0.29) is 5.54 Å². The molecule has 15 heavy (non-hydrogen) atoms. The lowest BCUT2D eigenvalue weighted by atomic mass is 9.98. The molecule has 0 radical (unpaired) electrons. The van der Waals surface area contributed by atoms with E-state index >= 15 is 0 Å². The lowest BCUT2D eigenvalue weighted by Crippen LogP contribution is -2.35. The Bertz CT molecular complexity index is 483. The molecule has 1 fully saturated rings. The van der Waals surface area contributed by atoms with Gasteiger partial charge in [-0.1, -0.05) is 12.8 Å². The van der Waals surface area contributed by atoms with Gasteiger partial charge in [-0.15, -0.1) is 10.2 Å². The second-order valence-corrected chi connectivity index (χ2v) is 4.19. The van der Waals surface area contributed by atoms with Crippen LogP contribution >= 0.6 is 0 Å². The molecule has 5 nitrogen and oxygen atoms in total. The van der Waals surface area contributed by atoms with Crippen molar-refractivity contribution in [2.45, 2.75) is 31.2 Å². The molecule has 2 heterocycles. The highest BCUT2D eigenvalue weighted by atomic mass is 15.3. The Labute approximate surface area is 87.3 Å². The number of fused-ring (bicyclic) bond motifs is 1. The molecule has 0 aromatic carbocycles. The summed E-state index contributed by atoms with van der Waals surface area (Å²) in [5.41, 5.74) is 6.82. The first-order valence-corrected chi connectivity index (χ1v) is 5.24. The van der Waals surface area contributed by atoms with Crippen molar-refractivity contribution in [2.75, 3.05) is 0 Å². The summed E-state index contributed by atoms with van der Waals surface area (Å²) in [5, 5.41) is 8.28. The van der Waals surface area contributed by atoms with Crippen LogP contribution in [0.15, 0.2) is 18.6 Å². The van der Waals surface area contributed by atoms with E-state index < -0.39 is 0 Å². The first-order valence-electron chi connectivity index (χ1n) is 5.24. The van der Waals surface area contributed by atoms with Gasteiger partial charge in [0.25, 0.3) is 0 Å². The van der Waals surface area contributed by atoms with Crippen molar-refractivity contribution in [2.24, 2.45) is 5.73 Å². The molecule has 0 amide bonds. The predicted octanol–water partition coefficient (Wildman–Crippen LogP) is 0.852. The van der Waals surface area contributed by atoms with Gasteiger partial charge < -0.3 is 5.73 Å². The Balaban J connectivity index is 2.18. The molecular weight excluding hydrogens is 190 g/mol. The molecule has 0 spiro atoms. The third-order valence-electron chi connectivity index (χ3n) is 3.16. The molecule has 1 saturated carbocycles. The maximum absolute atomic E-state index is 6.35. The summed E-state index contributed by atoms with van der Waals surface area (Å²) in [5.74, 6) is 0.873. The Morgan fingerprint density at radius 3 is 2.87 bits per heavy atom. The van der Waals surface area contributed by atoms with Gasteiger partial charge >= 0.3 is 0 Å². The molecule has 3 rings (SSSR count). The van der Waals surface area contributed by atoms with Crippen LogP contribution in [0.4, 0.5) is 0 Å². The molecule has 0 unspecified atom stereocenters. The lowest BCUT2D eigenvalue weighted by molar-refractivity contribution is 0.427. The number of nitrogens with two attached hydrogens (primary N) is 1. The summed E-state index contributed by atoms with van der Waals surface area (Å²) in [6.07, 6.45) is 9.66. The molecule has 0 atom stereocenters. The average molecular weight is 203 g/mol. The summed E-state index contributed by atoms with van der Waals surface area (Å²) in [4.78, 5) is 4.01. The third-order valence-corrected chi connectivity index (χ3v) is 3.16. The molecular formula is C10H13N5. The quantitative estimate of drug-likeness (QED) is 0.746. The van der Waals surface area contributed by atoms with E-state index in [1.807, 2.05) is 10.6 Å². The van der Waals surface area contributed by atoms with E-state index in [9.17, 15) is 0 Å². The summed E-state index contributed by atoms with van der Waals surface area (Å²) < 4.78 is 1.94. The number of rotatable bonds is 1. The minimum absolute atomic E-state index is 0.291. The summed E-state index contributed by atoms with van der Waals surface area (Å²) in [7, 11) is 0. The molecule has 2 aromatic rings. The van der Waals surface area contributed by atoms with E-state index in [0.717, 1.165) is 24.3 Å². The fourth-order valence-electron chi connectivity index (χ4n) is 2.32. The summed E-state index contributed by atoms with van der Waals surface area (Å²) in [6.45, 7) is 0. The molecule has 0 bridgehead atoms. The molecule has 0 aliphatic heterocycles. The zero-order valence-corrected chi connectivity index (χ0v) is 8.43. The van der Waals surface area contributed by atoms with Crippen molar-refractivity contribution in [3.05, 3.63) is 24.4 Å². The van der Waals surface area contributed by atoms with Crippen molar-refractivity contribution in [3.8, 4) is 0 Å². The Kier molecular flexibility index (Phi) is 1.76. The third kappa shape index (κ3) is 1.23. The Morgan fingerprint density at radius 1 is 1.27 bits per heavy atom. The van der Waals surface area contributed by atoms with Crippen LogP contribution < -0.4 is 5.73 Å². The SMILES string of the molecule is NC1(c2nnc3cnccn23)CCCC1. The number of nitrogens with zero attached hydrogens (tertiary/aromatic N) is 4. The molecule has 78 valence electrons. The van der Waals surface area contributed by atoms with Crippen molar-refractivity contribution in [1.29, 1.82) is 0 Å². The maximum Gasteiger partial charge on any atom is 0.179 e. The van der Waals surface area contributed by atoms with Gasteiger partial charge in [-0.2, -0.15) is 0 Å². The second kappa shape index (κ2) is 3.00. The van der Waals surface area contributed by atoms with Crippen LogP contribution in [-0.4, -0.2) is 19.6 Å². The molecule has 1 aliphatic carbocycles. The van der Waals surface area contributed by atoms with Crippen molar-refractivity contribution in [1.82, 2.24) is 19.6 Å². The van der Waals surface area contributed by atoms with Crippen LogP contribution in [0.3, 0.4) is 0 Å². The van der Waals surface area contributed by atoms with E-state index in [1.54, 1.807) is 12.4 Å². The van der Waals surface area contributed by atoms with Gasteiger partial charge in [-0.05, 0) is 12.8 Å². The van der Waals surface area contributed by atoms with Crippen LogP contribution in [0.1, 0.15) is 31.5 Å². The van der Waals surface area contributed by atoms with E-state index in [0.29, 0.717) is 0 Å². The number of aromatic nitrogens is 4. The fourth-order valence-corrected chi connectivity index (χ4v) is 2.32. The highest BCUT2D eigenvalue weighted by molar-refractivity contribution is 5.35. The summed E-state index contributed by atoms with van der Waals surface area (Å²) >= 11 is 0. The molecule has 2 N–H and O–H groups in total. The molecule has 1 aliphatic rings. The second-order valence-electron chi connectivity index (χ2n) is 4.19. The Hall–Kier alpha value is -1.49. The van der Waals surface area contributed by atoms with Gasteiger partial charge in [0.15, 0.2) is 11.5 Å². The van der Waals surface area contributed by atoms with Gasteiger partial charge in [0.05, 0.1) is 11.7 Å². The number of hydrogen-bond donors (Lipinski definition) is 1. The van der Waals surface area contributed by atoms with Crippen LogP contribution in [0.25, 0.3) is 5.65 Å². The van der Waals surface area contributed by atoms with Gasteiger partial charge in [-0.25, -0.2) is 0 Å². The van der Waals surface area contributed by atoms with Crippen LogP contribution in [-0.2, 0) is 5.54 Å². The Morgan fingerprint density at radius 2 is 2.07 bits per heavy atom. The van der Waals surface area contributed by atoms with Crippen molar-refractivity contribution in [3.63, 3.8) is 0 Å². The molecule has 2 aromatic heterocycles. The summed E-state index contributed by atoms with van der Waals surface area (Å²) in [6, 6.07) is 0. The van der Waals surface area contributed by atoms with Crippen LogP contribution in [0.5, 0.6) is 0 Å².